The van der Waals surface area contributed by atoms with Crippen LogP contribution in [0.15, 0.2) is 35.5 Å². The topological polar surface area (TPSA) is 94.2 Å². The highest BCUT2D eigenvalue weighted by Gasteiger charge is 2.38. The fraction of sp³-hybridized carbons (Fsp3) is 0.607. The van der Waals surface area contributed by atoms with Gasteiger partial charge in [-0.15, -0.1) is 0 Å². The SMILES string of the molecule is CCOC(=O)C1=C(CN2CCN(C(=O)NC(C)C)CC2)N(CC)C(=O)N[C@@H]1c1ccc(C(C)(C)C)cc1. The molecule has 9 heteroatoms. The number of likely N-dealkylation sites (N-methyl/N-ethyl adjacent to an activating group) is 1. The number of piperazine rings is 1. The van der Waals surface area contributed by atoms with Gasteiger partial charge in [0.1, 0.15) is 0 Å². The van der Waals surface area contributed by atoms with Crippen molar-refractivity contribution in [3.63, 3.8) is 0 Å². The summed E-state index contributed by atoms with van der Waals surface area (Å²) in [4.78, 5) is 44.6. The van der Waals surface area contributed by atoms with Crippen LogP contribution in [0.4, 0.5) is 9.59 Å². The highest BCUT2D eigenvalue weighted by molar-refractivity contribution is 5.95. The standard InChI is InChI=1S/C28H43N5O4/c1-8-33-22(18-31-14-16-32(17-15-31)26(35)29-19(3)4)23(25(34)37-9-2)24(30-27(33)36)20-10-12-21(13-11-20)28(5,6)7/h10-13,19,24H,8-9,14-18H2,1-7H3,(H,29,35)(H,30,36)/t24-/m1/s1. The number of urea groups is 2. The number of esters is 1. The predicted octanol–water partition coefficient (Wildman–Crippen LogP) is 3.62. The van der Waals surface area contributed by atoms with Crippen molar-refractivity contribution in [3.05, 3.63) is 46.7 Å². The first-order chi connectivity index (χ1) is 17.5. The van der Waals surface area contributed by atoms with Gasteiger partial charge in [-0.3, -0.25) is 9.80 Å². The van der Waals surface area contributed by atoms with Crippen LogP contribution in [-0.4, -0.2) is 84.6 Å². The van der Waals surface area contributed by atoms with E-state index in [1.807, 2.05) is 37.8 Å². The largest absolute Gasteiger partial charge is 0.463 e. The summed E-state index contributed by atoms with van der Waals surface area (Å²) in [6.07, 6.45) is 0. The number of nitrogens with one attached hydrogen (secondary N) is 2. The number of amides is 4. The molecule has 37 heavy (non-hydrogen) atoms. The summed E-state index contributed by atoms with van der Waals surface area (Å²) in [5, 5.41) is 5.98. The van der Waals surface area contributed by atoms with Gasteiger partial charge in [-0.05, 0) is 44.2 Å². The normalized spacial score (nSPS) is 19.2. The molecule has 0 aliphatic carbocycles. The fourth-order valence-corrected chi connectivity index (χ4v) is 4.74. The minimum atomic E-state index is -0.600. The number of carbonyl (C=O) groups is 3. The molecule has 0 spiro atoms. The van der Waals surface area contributed by atoms with Gasteiger partial charge in [0.25, 0.3) is 0 Å². The molecular formula is C28H43N5O4. The fourth-order valence-electron chi connectivity index (χ4n) is 4.74. The molecule has 2 aliphatic heterocycles. The minimum Gasteiger partial charge on any atom is -0.463 e. The summed E-state index contributed by atoms with van der Waals surface area (Å²) in [7, 11) is 0. The molecule has 2 aliphatic rings. The molecule has 0 aromatic heterocycles. The van der Waals surface area contributed by atoms with Gasteiger partial charge in [-0.2, -0.15) is 0 Å². The molecule has 0 bridgehead atoms. The Hall–Kier alpha value is -3.07. The summed E-state index contributed by atoms with van der Waals surface area (Å²) < 4.78 is 5.49. The molecule has 204 valence electrons. The van der Waals surface area contributed by atoms with Crippen molar-refractivity contribution < 1.29 is 19.1 Å². The summed E-state index contributed by atoms with van der Waals surface area (Å²) in [6.45, 7) is 17.6. The Morgan fingerprint density at radius 3 is 2.22 bits per heavy atom. The van der Waals surface area contributed by atoms with Crippen molar-refractivity contribution >= 4 is 18.0 Å². The molecular weight excluding hydrogens is 470 g/mol. The van der Waals surface area contributed by atoms with E-state index in [-0.39, 0.29) is 30.1 Å². The van der Waals surface area contributed by atoms with Crippen molar-refractivity contribution in [3.8, 4) is 0 Å². The maximum absolute atomic E-state index is 13.3. The molecule has 1 saturated heterocycles. The molecule has 4 amide bonds. The second kappa shape index (κ2) is 12.0. The molecule has 0 radical (unpaired) electrons. The van der Waals surface area contributed by atoms with Gasteiger partial charge in [-0.1, -0.05) is 45.0 Å². The van der Waals surface area contributed by atoms with E-state index in [1.165, 1.54) is 5.56 Å². The van der Waals surface area contributed by atoms with Gasteiger partial charge in [0, 0.05) is 51.0 Å². The van der Waals surface area contributed by atoms with Crippen LogP contribution >= 0.6 is 0 Å². The second-order valence-electron chi connectivity index (χ2n) is 10.9. The van der Waals surface area contributed by atoms with E-state index in [1.54, 1.807) is 11.8 Å². The van der Waals surface area contributed by atoms with Crippen LogP contribution in [0.25, 0.3) is 0 Å². The number of benzene rings is 1. The average molecular weight is 514 g/mol. The Kier molecular flexibility index (Phi) is 9.23. The molecule has 9 nitrogen and oxygen atoms in total. The van der Waals surface area contributed by atoms with Crippen molar-refractivity contribution in [2.75, 3.05) is 45.9 Å². The lowest BCUT2D eigenvalue weighted by molar-refractivity contribution is -0.139. The second-order valence-corrected chi connectivity index (χ2v) is 10.9. The first-order valence-corrected chi connectivity index (χ1v) is 13.3. The van der Waals surface area contributed by atoms with Gasteiger partial charge < -0.3 is 20.3 Å². The van der Waals surface area contributed by atoms with Crippen molar-refractivity contribution in [1.82, 2.24) is 25.3 Å². The number of ether oxygens (including phenoxy) is 1. The molecule has 0 unspecified atom stereocenters. The van der Waals surface area contributed by atoms with Crippen LogP contribution in [0.1, 0.15) is 65.6 Å². The maximum atomic E-state index is 13.3. The first kappa shape index (κ1) is 28.5. The summed E-state index contributed by atoms with van der Waals surface area (Å²) in [6, 6.07) is 7.26. The lowest BCUT2D eigenvalue weighted by Crippen LogP contribution is -2.55. The molecule has 1 atom stereocenters. The van der Waals surface area contributed by atoms with E-state index in [9.17, 15) is 14.4 Å². The number of carbonyl (C=O) groups excluding carboxylic acids is 3. The summed E-state index contributed by atoms with van der Waals surface area (Å²) >= 11 is 0. The number of hydrogen-bond acceptors (Lipinski definition) is 5. The molecule has 3 rings (SSSR count). The third kappa shape index (κ3) is 6.83. The van der Waals surface area contributed by atoms with Crippen LogP contribution in [0.5, 0.6) is 0 Å². The zero-order chi connectivity index (χ0) is 27.3. The van der Waals surface area contributed by atoms with E-state index in [4.69, 9.17) is 4.74 Å². The van der Waals surface area contributed by atoms with Crippen molar-refractivity contribution in [2.45, 2.75) is 66.0 Å². The maximum Gasteiger partial charge on any atom is 0.338 e. The lowest BCUT2D eigenvalue weighted by atomic mass is 9.85. The van der Waals surface area contributed by atoms with Crippen LogP contribution in [0.2, 0.25) is 0 Å². The van der Waals surface area contributed by atoms with Crippen LogP contribution < -0.4 is 10.6 Å². The van der Waals surface area contributed by atoms with E-state index in [2.05, 4.69) is 48.4 Å². The zero-order valence-corrected chi connectivity index (χ0v) is 23.4. The number of hydrogen-bond donors (Lipinski definition) is 2. The van der Waals surface area contributed by atoms with Crippen molar-refractivity contribution in [2.24, 2.45) is 0 Å². The lowest BCUT2D eigenvalue weighted by Gasteiger charge is -2.40. The number of rotatable bonds is 7. The monoisotopic (exact) mass is 513 g/mol. The highest BCUT2D eigenvalue weighted by Crippen LogP contribution is 2.33. The van der Waals surface area contributed by atoms with E-state index in [0.717, 1.165) is 5.56 Å². The molecule has 2 N–H and O–H groups in total. The van der Waals surface area contributed by atoms with Gasteiger partial charge in [0.2, 0.25) is 0 Å². The van der Waals surface area contributed by atoms with Gasteiger partial charge in [0.05, 0.1) is 18.2 Å². The molecule has 1 aromatic rings. The molecule has 1 aromatic carbocycles. The third-order valence-corrected chi connectivity index (χ3v) is 6.81. The smallest absolute Gasteiger partial charge is 0.338 e. The third-order valence-electron chi connectivity index (χ3n) is 6.81. The van der Waals surface area contributed by atoms with Gasteiger partial charge in [0.15, 0.2) is 0 Å². The quantitative estimate of drug-likeness (QED) is 0.543. The Morgan fingerprint density at radius 2 is 1.70 bits per heavy atom. The highest BCUT2D eigenvalue weighted by atomic mass is 16.5. The van der Waals surface area contributed by atoms with E-state index < -0.39 is 12.0 Å². The van der Waals surface area contributed by atoms with Crippen LogP contribution in [-0.2, 0) is 14.9 Å². The summed E-state index contributed by atoms with van der Waals surface area (Å²) in [5.41, 5.74) is 3.14. The Balaban J connectivity index is 1.93. The molecule has 1 fully saturated rings. The van der Waals surface area contributed by atoms with Crippen LogP contribution in [0, 0.1) is 0 Å². The zero-order valence-electron chi connectivity index (χ0n) is 23.4. The number of nitrogens with zero attached hydrogens (tertiary/aromatic N) is 3. The summed E-state index contributed by atoms with van der Waals surface area (Å²) in [5.74, 6) is -0.421. The average Bonchev–Trinajstić information content (AvgIpc) is 2.83. The predicted molar refractivity (Wildman–Crippen MR) is 144 cm³/mol. The van der Waals surface area contributed by atoms with E-state index >= 15 is 0 Å². The Bertz CT molecular complexity index is 1000. The Labute approximate surface area is 221 Å². The van der Waals surface area contributed by atoms with Gasteiger partial charge in [-0.25, -0.2) is 14.4 Å². The first-order valence-electron chi connectivity index (χ1n) is 13.3. The van der Waals surface area contributed by atoms with Crippen LogP contribution in [0.3, 0.4) is 0 Å². The Morgan fingerprint density at radius 1 is 1.08 bits per heavy atom. The van der Waals surface area contributed by atoms with Crippen molar-refractivity contribution in [1.29, 1.82) is 0 Å². The van der Waals surface area contributed by atoms with Gasteiger partial charge >= 0.3 is 18.0 Å². The minimum absolute atomic E-state index is 0.00740. The molecule has 0 saturated carbocycles. The molecule has 2 heterocycles. The van der Waals surface area contributed by atoms with E-state index in [0.29, 0.717) is 50.5 Å².